The lowest BCUT2D eigenvalue weighted by atomic mass is 9.86. The molecule has 4 nitrogen and oxygen atoms in total. The van der Waals surface area contributed by atoms with Crippen LogP contribution in [-0.4, -0.2) is 11.8 Å². The first-order valence-electron chi connectivity index (χ1n) is 6.89. The number of aromatic nitrogens is 1. The summed E-state index contributed by atoms with van der Waals surface area (Å²) < 4.78 is 5.33. The monoisotopic (exact) mass is 270 g/mol. The summed E-state index contributed by atoms with van der Waals surface area (Å²) in [5.41, 5.74) is 7.25. The highest BCUT2D eigenvalue weighted by atomic mass is 16.6. The third-order valence-corrected chi connectivity index (χ3v) is 3.54. The van der Waals surface area contributed by atoms with Gasteiger partial charge in [-0.3, -0.25) is 10.3 Å². The molecule has 1 N–H and O–H groups in total. The van der Waals surface area contributed by atoms with Crippen LogP contribution in [0.5, 0.6) is 0 Å². The first-order chi connectivity index (χ1) is 9.79. The summed E-state index contributed by atoms with van der Waals surface area (Å²) in [6, 6.07) is 10.4. The Morgan fingerprint density at radius 1 is 1.35 bits per heavy atom. The Hall–Kier alpha value is -2.07. The molecule has 2 aromatic rings. The lowest BCUT2D eigenvalue weighted by Gasteiger charge is -2.21. The lowest BCUT2D eigenvalue weighted by Crippen LogP contribution is -2.19. The Morgan fingerprint density at radius 2 is 2.15 bits per heavy atom. The molecule has 4 heteroatoms. The van der Waals surface area contributed by atoms with Gasteiger partial charge < -0.3 is 4.52 Å². The van der Waals surface area contributed by atoms with Crippen LogP contribution in [0.2, 0.25) is 0 Å². The molecule has 0 unspecified atom stereocenters. The number of hydrogen-bond donors (Lipinski definition) is 1. The van der Waals surface area contributed by atoms with Crippen LogP contribution in [0.3, 0.4) is 0 Å². The summed E-state index contributed by atoms with van der Waals surface area (Å²) in [6.07, 6.45) is 3.05. The van der Waals surface area contributed by atoms with Crippen molar-refractivity contribution in [2.75, 3.05) is 6.61 Å². The van der Waals surface area contributed by atoms with E-state index in [1.165, 1.54) is 5.56 Å². The van der Waals surface area contributed by atoms with Gasteiger partial charge >= 0.3 is 0 Å². The molecule has 20 heavy (non-hydrogen) atoms. The molecular weight excluding hydrogens is 252 g/mol. The molecule has 0 spiro atoms. The van der Waals surface area contributed by atoms with Crippen molar-refractivity contribution in [3.8, 4) is 0 Å². The second kappa shape index (κ2) is 5.51. The van der Waals surface area contributed by atoms with Gasteiger partial charge in [-0.1, -0.05) is 41.6 Å². The maximum absolute atomic E-state index is 5.35. The summed E-state index contributed by atoms with van der Waals surface area (Å²) >= 11 is 0. The number of hydrogen-bond acceptors (Lipinski definition) is 4. The molecule has 0 aliphatic heterocycles. The van der Waals surface area contributed by atoms with Crippen LogP contribution in [0, 0.1) is 6.92 Å². The molecule has 0 fully saturated rings. The fraction of sp³-hybridized carbons (Fsp3) is 0.312. The highest BCUT2D eigenvalue weighted by molar-refractivity contribution is 5.69. The second-order valence-corrected chi connectivity index (χ2v) is 4.90. The van der Waals surface area contributed by atoms with E-state index in [1.807, 2.05) is 19.9 Å². The first-order valence-corrected chi connectivity index (χ1v) is 6.89. The number of benzene rings is 1. The van der Waals surface area contributed by atoms with Crippen molar-refractivity contribution in [1.82, 2.24) is 10.6 Å². The quantitative estimate of drug-likeness (QED) is 0.867. The van der Waals surface area contributed by atoms with E-state index in [1.54, 1.807) is 0 Å². The molecule has 1 aliphatic rings. The second-order valence-electron chi connectivity index (χ2n) is 4.90. The SMILES string of the molecule is CCONC1=C[C@@H](c2ccccc2)Cc2noc(C)c21. The van der Waals surface area contributed by atoms with Crippen LogP contribution in [0.25, 0.3) is 5.70 Å². The van der Waals surface area contributed by atoms with Crippen LogP contribution in [0.1, 0.15) is 35.4 Å². The van der Waals surface area contributed by atoms with Crippen molar-refractivity contribution >= 4 is 5.70 Å². The number of aryl methyl sites for hydroxylation is 1. The van der Waals surface area contributed by atoms with Crippen molar-refractivity contribution < 1.29 is 9.36 Å². The molecule has 0 amide bonds. The van der Waals surface area contributed by atoms with Gasteiger partial charge in [-0.25, -0.2) is 0 Å². The van der Waals surface area contributed by atoms with Crippen molar-refractivity contribution in [3.63, 3.8) is 0 Å². The number of fused-ring (bicyclic) bond motifs is 1. The van der Waals surface area contributed by atoms with E-state index in [4.69, 9.17) is 9.36 Å². The molecule has 0 bridgehead atoms. The summed E-state index contributed by atoms with van der Waals surface area (Å²) in [6.45, 7) is 4.48. The number of hydroxylamine groups is 1. The first kappa shape index (κ1) is 12.9. The topological polar surface area (TPSA) is 47.3 Å². The van der Waals surface area contributed by atoms with Gasteiger partial charge in [-0.15, -0.1) is 0 Å². The predicted octanol–water partition coefficient (Wildman–Crippen LogP) is 3.20. The zero-order valence-electron chi connectivity index (χ0n) is 11.7. The van der Waals surface area contributed by atoms with Crippen molar-refractivity contribution in [2.24, 2.45) is 0 Å². The van der Waals surface area contributed by atoms with Crippen molar-refractivity contribution in [3.05, 3.63) is 59.0 Å². The molecule has 0 saturated carbocycles. The van der Waals surface area contributed by atoms with Crippen LogP contribution < -0.4 is 5.48 Å². The molecular formula is C16H18N2O2. The Kier molecular flexibility index (Phi) is 3.56. The Balaban J connectivity index is 1.97. The highest BCUT2D eigenvalue weighted by Gasteiger charge is 2.26. The Labute approximate surface area is 118 Å². The normalized spacial score (nSPS) is 17.5. The molecule has 1 aromatic heterocycles. The standard InChI is InChI=1S/C16H18N2O2/c1-3-19-17-14-9-13(12-7-5-4-6-8-12)10-15-16(14)11(2)20-18-15/h4-9,13,17H,3,10H2,1-2H3/t13-/m1/s1. The summed E-state index contributed by atoms with van der Waals surface area (Å²) in [4.78, 5) is 5.35. The largest absolute Gasteiger partial charge is 0.361 e. The fourth-order valence-corrected chi connectivity index (χ4v) is 2.60. The van der Waals surface area contributed by atoms with Crippen molar-refractivity contribution in [1.29, 1.82) is 0 Å². The molecule has 0 radical (unpaired) electrons. The van der Waals surface area contributed by atoms with E-state index < -0.39 is 0 Å². The smallest absolute Gasteiger partial charge is 0.143 e. The molecule has 0 saturated heterocycles. The molecule has 3 rings (SSSR count). The van der Waals surface area contributed by atoms with Gasteiger partial charge in [-0.2, -0.15) is 0 Å². The van der Waals surface area contributed by atoms with E-state index in [0.29, 0.717) is 6.61 Å². The third-order valence-electron chi connectivity index (χ3n) is 3.54. The van der Waals surface area contributed by atoms with Gasteiger partial charge in [0.1, 0.15) is 5.76 Å². The molecule has 1 heterocycles. The van der Waals surface area contributed by atoms with E-state index in [-0.39, 0.29) is 5.92 Å². The molecule has 104 valence electrons. The number of rotatable bonds is 4. The van der Waals surface area contributed by atoms with Gasteiger partial charge in [0.15, 0.2) is 0 Å². The van der Waals surface area contributed by atoms with Crippen LogP contribution in [0.15, 0.2) is 40.9 Å². The van der Waals surface area contributed by atoms with Gasteiger partial charge in [-0.05, 0) is 19.4 Å². The summed E-state index contributed by atoms with van der Waals surface area (Å²) in [5, 5.41) is 4.18. The number of nitrogens with one attached hydrogen (secondary N) is 1. The van der Waals surface area contributed by atoms with E-state index in [2.05, 4.69) is 41.0 Å². The zero-order chi connectivity index (χ0) is 13.9. The van der Waals surface area contributed by atoms with Crippen LogP contribution >= 0.6 is 0 Å². The maximum Gasteiger partial charge on any atom is 0.143 e. The minimum atomic E-state index is 0.288. The van der Waals surface area contributed by atoms with Gasteiger partial charge in [0, 0.05) is 12.3 Å². The van der Waals surface area contributed by atoms with Crippen molar-refractivity contribution in [2.45, 2.75) is 26.2 Å². The number of allylic oxidation sites excluding steroid dienone is 1. The van der Waals surface area contributed by atoms with Crippen LogP contribution in [0.4, 0.5) is 0 Å². The summed E-state index contributed by atoms with van der Waals surface area (Å²) in [7, 11) is 0. The van der Waals surface area contributed by atoms with Gasteiger partial charge in [0.2, 0.25) is 0 Å². The Bertz CT molecular complexity index is 617. The molecule has 1 aromatic carbocycles. The number of nitrogens with zero attached hydrogens (tertiary/aromatic N) is 1. The average Bonchev–Trinajstić information content (AvgIpc) is 2.87. The maximum atomic E-state index is 5.35. The molecule has 1 atom stereocenters. The highest BCUT2D eigenvalue weighted by Crippen LogP contribution is 2.34. The minimum absolute atomic E-state index is 0.288. The van der Waals surface area contributed by atoms with Gasteiger partial charge in [0.05, 0.1) is 23.6 Å². The Morgan fingerprint density at radius 3 is 2.90 bits per heavy atom. The van der Waals surface area contributed by atoms with E-state index >= 15 is 0 Å². The minimum Gasteiger partial charge on any atom is -0.361 e. The molecule has 1 aliphatic carbocycles. The van der Waals surface area contributed by atoms with Gasteiger partial charge in [0.25, 0.3) is 0 Å². The zero-order valence-corrected chi connectivity index (χ0v) is 11.7. The fourth-order valence-electron chi connectivity index (χ4n) is 2.60. The summed E-state index contributed by atoms with van der Waals surface area (Å²) in [5.74, 6) is 1.11. The third kappa shape index (κ3) is 2.34. The van der Waals surface area contributed by atoms with Crippen LogP contribution in [-0.2, 0) is 11.3 Å². The lowest BCUT2D eigenvalue weighted by molar-refractivity contribution is 0.0894. The average molecular weight is 270 g/mol. The van der Waals surface area contributed by atoms with E-state index in [0.717, 1.165) is 29.1 Å². The van der Waals surface area contributed by atoms with E-state index in [9.17, 15) is 0 Å². The predicted molar refractivity (Wildman–Crippen MR) is 76.9 cm³/mol.